The minimum Gasteiger partial charge on any atom is -0.351 e. The summed E-state index contributed by atoms with van der Waals surface area (Å²) in [6, 6.07) is 9.16. The van der Waals surface area contributed by atoms with Gasteiger partial charge in [0.1, 0.15) is 11.6 Å². The van der Waals surface area contributed by atoms with Crippen molar-refractivity contribution >= 4 is 11.8 Å². The van der Waals surface area contributed by atoms with E-state index in [1.54, 1.807) is 36.4 Å². The van der Waals surface area contributed by atoms with Crippen LogP contribution < -0.4 is 11.1 Å². The van der Waals surface area contributed by atoms with Gasteiger partial charge >= 0.3 is 6.03 Å². The molecule has 80 valence electrons. The van der Waals surface area contributed by atoms with E-state index in [-0.39, 0.29) is 5.57 Å². The highest BCUT2D eigenvalue weighted by Gasteiger charge is 2.11. The molecule has 0 aliphatic rings. The van der Waals surface area contributed by atoms with Crippen LogP contribution in [-0.4, -0.2) is 11.8 Å². The third kappa shape index (κ3) is 2.96. The Labute approximate surface area is 92.2 Å². The summed E-state index contributed by atoms with van der Waals surface area (Å²) in [6.07, 6.45) is 0.998. The van der Waals surface area contributed by atoms with Gasteiger partial charge in [0.15, 0.2) is 0 Å². The molecule has 5 nitrogen and oxygen atoms in total. The smallest absolute Gasteiger partial charge is 0.316 e. The molecule has 0 aromatic heterocycles. The van der Waals surface area contributed by atoms with Crippen LogP contribution in [-0.2, 0) is 0 Å². The number of allylic oxidation sites excluding steroid dienone is 1. The number of ketones is 1. The summed E-state index contributed by atoms with van der Waals surface area (Å²) >= 11 is 0. The zero-order chi connectivity index (χ0) is 12.0. The number of nitriles is 1. The standard InChI is InChI=1S/C11H9N3O2/c12-6-9(7-14-11(13)16)10(15)8-4-2-1-3-5-8/h1-5,7H,(H3,13,14,16)/b9-7+. The van der Waals surface area contributed by atoms with Crippen molar-refractivity contribution in [2.45, 2.75) is 0 Å². The molecular weight excluding hydrogens is 206 g/mol. The Morgan fingerprint density at radius 3 is 2.44 bits per heavy atom. The summed E-state index contributed by atoms with van der Waals surface area (Å²) < 4.78 is 0. The number of urea groups is 1. The van der Waals surface area contributed by atoms with E-state index in [9.17, 15) is 9.59 Å². The first-order chi connectivity index (χ1) is 7.65. The minimum absolute atomic E-state index is 0.176. The minimum atomic E-state index is -0.825. The van der Waals surface area contributed by atoms with Crippen LogP contribution in [0.25, 0.3) is 0 Å². The topological polar surface area (TPSA) is 96.0 Å². The van der Waals surface area contributed by atoms with Gasteiger partial charge in [0.25, 0.3) is 0 Å². The first-order valence-corrected chi connectivity index (χ1v) is 4.41. The van der Waals surface area contributed by atoms with Crippen molar-refractivity contribution in [1.29, 1.82) is 5.26 Å². The van der Waals surface area contributed by atoms with Crippen molar-refractivity contribution in [2.24, 2.45) is 5.73 Å². The lowest BCUT2D eigenvalue weighted by Crippen LogP contribution is -2.25. The van der Waals surface area contributed by atoms with E-state index in [0.717, 1.165) is 6.20 Å². The summed E-state index contributed by atoms with van der Waals surface area (Å²) in [5.74, 6) is -0.461. The molecule has 0 aliphatic heterocycles. The summed E-state index contributed by atoms with van der Waals surface area (Å²) in [6.45, 7) is 0. The van der Waals surface area contributed by atoms with Crippen molar-refractivity contribution in [1.82, 2.24) is 5.32 Å². The Kier molecular flexibility index (Phi) is 3.81. The third-order valence-corrected chi connectivity index (χ3v) is 1.76. The van der Waals surface area contributed by atoms with Crippen molar-refractivity contribution < 1.29 is 9.59 Å². The van der Waals surface area contributed by atoms with Crippen molar-refractivity contribution in [3.63, 3.8) is 0 Å². The van der Waals surface area contributed by atoms with Gasteiger partial charge in [-0.1, -0.05) is 30.3 Å². The number of hydrogen-bond acceptors (Lipinski definition) is 3. The zero-order valence-electron chi connectivity index (χ0n) is 8.31. The fourth-order valence-electron chi connectivity index (χ4n) is 1.04. The van der Waals surface area contributed by atoms with Gasteiger partial charge < -0.3 is 11.1 Å². The highest BCUT2D eigenvalue weighted by Crippen LogP contribution is 2.06. The molecule has 1 aromatic rings. The van der Waals surface area contributed by atoms with Crippen LogP contribution in [0.5, 0.6) is 0 Å². The third-order valence-electron chi connectivity index (χ3n) is 1.76. The molecule has 0 radical (unpaired) electrons. The second kappa shape index (κ2) is 5.32. The number of benzene rings is 1. The largest absolute Gasteiger partial charge is 0.351 e. The number of carbonyl (C=O) groups is 2. The molecule has 0 atom stereocenters. The predicted octanol–water partition coefficient (Wildman–Crippen LogP) is 0.945. The van der Waals surface area contributed by atoms with Gasteiger partial charge in [-0.2, -0.15) is 5.26 Å². The van der Waals surface area contributed by atoms with Gasteiger partial charge in [-0.15, -0.1) is 0 Å². The van der Waals surface area contributed by atoms with Gasteiger partial charge in [-0.25, -0.2) is 4.79 Å². The highest BCUT2D eigenvalue weighted by molar-refractivity contribution is 6.11. The molecular formula is C11H9N3O2. The van der Waals surface area contributed by atoms with Gasteiger partial charge in [0.05, 0.1) is 0 Å². The van der Waals surface area contributed by atoms with Crippen LogP contribution >= 0.6 is 0 Å². The molecule has 3 N–H and O–H groups in total. The van der Waals surface area contributed by atoms with Crippen LogP contribution in [0.2, 0.25) is 0 Å². The van der Waals surface area contributed by atoms with E-state index >= 15 is 0 Å². The average Bonchev–Trinajstić information content (AvgIpc) is 2.30. The maximum atomic E-state index is 11.7. The number of nitrogens with zero attached hydrogens (tertiary/aromatic N) is 1. The lowest BCUT2D eigenvalue weighted by molar-refractivity contribution is 0.103. The Balaban J connectivity index is 2.92. The first-order valence-electron chi connectivity index (χ1n) is 4.41. The molecule has 1 rings (SSSR count). The van der Waals surface area contributed by atoms with E-state index in [1.165, 1.54) is 0 Å². The number of Topliss-reactive ketones (excluding diaryl/α,β-unsaturated/α-hetero) is 1. The Morgan fingerprint density at radius 2 is 1.94 bits per heavy atom. The van der Waals surface area contributed by atoms with E-state index in [2.05, 4.69) is 5.32 Å². The normalized spacial score (nSPS) is 10.3. The molecule has 1 aromatic carbocycles. The van der Waals surface area contributed by atoms with Crippen molar-refractivity contribution in [2.75, 3.05) is 0 Å². The van der Waals surface area contributed by atoms with Crippen LogP contribution in [0, 0.1) is 11.3 Å². The number of carbonyl (C=O) groups excluding carboxylic acids is 2. The van der Waals surface area contributed by atoms with E-state index in [0.29, 0.717) is 5.56 Å². The number of primary amides is 1. The fourth-order valence-corrected chi connectivity index (χ4v) is 1.04. The molecule has 0 aliphatic carbocycles. The molecule has 2 amide bonds. The quantitative estimate of drug-likeness (QED) is 0.446. The molecule has 0 saturated heterocycles. The lowest BCUT2D eigenvalue weighted by Gasteiger charge is -1.98. The number of hydrogen-bond donors (Lipinski definition) is 2. The molecule has 16 heavy (non-hydrogen) atoms. The second-order valence-corrected chi connectivity index (χ2v) is 2.87. The van der Waals surface area contributed by atoms with Gasteiger partial charge in [-0.05, 0) is 0 Å². The summed E-state index contributed by atoms with van der Waals surface area (Å²) in [7, 11) is 0. The number of rotatable bonds is 3. The Morgan fingerprint density at radius 1 is 1.31 bits per heavy atom. The molecule has 0 saturated carbocycles. The van der Waals surface area contributed by atoms with Crippen LogP contribution in [0.4, 0.5) is 4.79 Å². The highest BCUT2D eigenvalue weighted by atomic mass is 16.2. The van der Waals surface area contributed by atoms with E-state index in [4.69, 9.17) is 11.0 Å². The number of nitrogens with one attached hydrogen (secondary N) is 1. The second-order valence-electron chi connectivity index (χ2n) is 2.87. The fraction of sp³-hybridized carbons (Fsp3) is 0. The van der Waals surface area contributed by atoms with Crippen LogP contribution in [0.15, 0.2) is 42.1 Å². The molecule has 0 fully saturated rings. The summed E-state index contributed by atoms with van der Waals surface area (Å²) in [5.41, 5.74) is 5.02. The SMILES string of the molecule is N#C/C(=C\NC(N)=O)C(=O)c1ccccc1. The van der Waals surface area contributed by atoms with Gasteiger partial charge in [-0.3, -0.25) is 4.79 Å². The summed E-state index contributed by atoms with van der Waals surface area (Å²) in [4.78, 5) is 22.1. The van der Waals surface area contributed by atoms with Crippen LogP contribution in [0.1, 0.15) is 10.4 Å². The first kappa shape index (κ1) is 11.5. The maximum absolute atomic E-state index is 11.7. The van der Waals surface area contributed by atoms with Crippen molar-refractivity contribution in [3.8, 4) is 6.07 Å². The van der Waals surface area contributed by atoms with Gasteiger partial charge in [0.2, 0.25) is 5.78 Å². The molecule has 0 spiro atoms. The molecule has 5 heteroatoms. The Hall–Kier alpha value is -2.61. The zero-order valence-corrected chi connectivity index (χ0v) is 8.31. The molecule has 0 unspecified atom stereocenters. The average molecular weight is 215 g/mol. The number of nitrogens with two attached hydrogens (primary N) is 1. The molecule has 0 heterocycles. The lowest BCUT2D eigenvalue weighted by atomic mass is 10.1. The predicted molar refractivity (Wildman–Crippen MR) is 57.2 cm³/mol. The van der Waals surface area contributed by atoms with Gasteiger partial charge in [0, 0.05) is 11.8 Å². The molecule has 0 bridgehead atoms. The summed E-state index contributed by atoms with van der Waals surface area (Å²) in [5, 5.41) is 10.8. The van der Waals surface area contributed by atoms with E-state index < -0.39 is 11.8 Å². The number of amides is 2. The van der Waals surface area contributed by atoms with Crippen molar-refractivity contribution in [3.05, 3.63) is 47.7 Å². The van der Waals surface area contributed by atoms with Crippen LogP contribution in [0.3, 0.4) is 0 Å². The Bertz CT molecular complexity index is 472. The van der Waals surface area contributed by atoms with E-state index in [1.807, 2.05) is 0 Å². The monoisotopic (exact) mass is 215 g/mol. The maximum Gasteiger partial charge on any atom is 0.316 e.